The third kappa shape index (κ3) is 5.46. The maximum atomic E-state index is 10.9. The fourth-order valence-electron chi connectivity index (χ4n) is 0.795. The average Bonchev–Trinajstić information content (AvgIpc) is 1.84. The Balaban J connectivity index is 3.76. The van der Waals surface area contributed by atoms with Gasteiger partial charge in [-0.3, -0.25) is 9.59 Å². The van der Waals surface area contributed by atoms with Crippen molar-refractivity contribution in [2.45, 2.75) is 26.3 Å². The highest BCUT2D eigenvalue weighted by Crippen LogP contribution is 1.88. The van der Waals surface area contributed by atoms with Gasteiger partial charge in [0.2, 0.25) is 11.8 Å². The Hall–Kier alpha value is -1.32. The van der Waals surface area contributed by atoms with Crippen molar-refractivity contribution in [1.29, 1.82) is 0 Å². The molecule has 0 saturated heterocycles. The molecule has 68 valence electrons. The van der Waals surface area contributed by atoms with E-state index in [2.05, 4.69) is 5.32 Å². The Morgan fingerprint density at radius 3 is 2.58 bits per heavy atom. The number of carbonyl (C=O) groups is 2. The van der Waals surface area contributed by atoms with Gasteiger partial charge in [0, 0.05) is 12.5 Å². The fraction of sp³-hybridized carbons (Fsp3) is 0.500. The minimum atomic E-state index is -0.414. The molecule has 0 bridgehead atoms. The summed E-state index contributed by atoms with van der Waals surface area (Å²) in [6.07, 6.45) is 3.20. The lowest BCUT2D eigenvalue weighted by Gasteiger charge is -2.09. The zero-order valence-electron chi connectivity index (χ0n) is 7.33. The van der Waals surface area contributed by atoms with Crippen LogP contribution in [0.15, 0.2) is 12.2 Å². The summed E-state index contributed by atoms with van der Waals surface area (Å²) in [7, 11) is 0. The molecule has 0 heterocycles. The van der Waals surface area contributed by atoms with Gasteiger partial charge in [0.05, 0.1) is 0 Å². The molecule has 1 atom stereocenters. The second-order valence-electron chi connectivity index (χ2n) is 2.58. The van der Waals surface area contributed by atoms with Gasteiger partial charge < -0.3 is 11.1 Å². The number of carbonyl (C=O) groups excluding carboxylic acids is 2. The summed E-state index contributed by atoms with van der Waals surface area (Å²) in [5, 5.41) is 2.59. The predicted molar refractivity (Wildman–Crippen MR) is 46.2 cm³/mol. The lowest BCUT2D eigenvalue weighted by Crippen LogP contribution is -2.34. The highest BCUT2D eigenvalue weighted by atomic mass is 16.2. The lowest BCUT2D eigenvalue weighted by molar-refractivity contribution is -0.119. The maximum Gasteiger partial charge on any atom is 0.243 e. The molecule has 0 spiro atoms. The molecule has 0 aromatic carbocycles. The van der Waals surface area contributed by atoms with Gasteiger partial charge in [-0.25, -0.2) is 0 Å². The van der Waals surface area contributed by atoms with Gasteiger partial charge in [0.1, 0.15) is 0 Å². The molecule has 12 heavy (non-hydrogen) atoms. The molecule has 0 aliphatic rings. The highest BCUT2D eigenvalue weighted by Gasteiger charge is 2.06. The Morgan fingerprint density at radius 1 is 1.58 bits per heavy atom. The van der Waals surface area contributed by atoms with Crippen molar-refractivity contribution in [2.75, 3.05) is 0 Å². The predicted octanol–water partition coefficient (Wildman–Crippen LogP) is -0.0574. The van der Waals surface area contributed by atoms with Gasteiger partial charge in [0.25, 0.3) is 0 Å². The first-order chi connectivity index (χ1) is 5.56. The molecule has 0 aromatic heterocycles. The van der Waals surface area contributed by atoms with Gasteiger partial charge in [-0.05, 0) is 19.9 Å². The van der Waals surface area contributed by atoms with Crippen LogP contribution in [0.25, 0.3) is 0 Å². The molecule has 0 aliphatic heterocycles. The molecule has 2 amide bonds. The van der Waals surface area contributed by atoms with Gasteiger partial charge in [-0.15, -0.1) is 0 Å². The summed E-state index contributed by atoms with van der Waals surface area (Å²) in [5.74, 6) is -0.616. The smallest absolute Gasteiger partial charge is 0.243 e. The van der Waals surface area contributed by atoms with Crippen LogP contribution in [0.3, 0.4) is 0 Å². The third-order valence-electron chi connectivity index (χ3n) is 1.21. The summed E-state index contributed by atoms with van der Waals surface area (Å²) in [5.41, 5.74) is 4.93. The molecule has 0 radical (unpaired) electrons. The summed E-state index contributed by atoms with van der Waals surface area (Å²) < 4.78 is 0. The molecular weight excluding hydrogens is 156 g/mol. The van der Waals surface area contributed by atoms with E-state index in [1.165, 1.54) is 6.08 Å². The van der Waals surface area contributed by atoms with E-state index in [0.717, 1.165) is 0 Å². The molecule has 3 N–H and O–H groups in total. The number of hydrogen-bond acceptors (Lipinski definition) is 2. The van der Waals surface area contributed by atoms with Crippen LogP contribution < -0.4 is 11.1 Å². The Bertz CT molecular complexity index is 199. The Labute approximate surface area is 71.8 Å². The first-order valence-electron chi connectivity index (χ1n) is 3.77. The number of nitrogens with two attached hydrogens (primary N) is 1. The highest BCUT2D eigenvalue weighted by molar-refractivity contribution is 5.88. The van der Waals surface area contributed by atoms with Crippen molar-refractivity contribution in [1.82, 2.24) is 5.32 Å². The van der Waals surface area contributed by atoms with Gasteiger partial charge in [-0.2, -0.15) is 0 Å². The number of amides is 2. The molecule has 0 rings (SSSR count). The first kappa shape index (κ1) is 10.7. The molecule has 1 unspecified atom stereocenters. The molecule has 4 nitrogen and oxygen atoms in total. The zero-order valence-corrected chi connectivity index (χ0v) is 7.33. The number of allylic oxidation sites excluding steroid dienone is 1. The van der Waals surface area contributed by atoms with E-state index in [1.807, 2.05) is 0 Å². The van der Waals surface area contributed by atoms with Gasteiger partial charge in [-0.1, -0.05) is 6.08 Å². The van der Waals surface area contributed by atoms with Crippen LogP contribution in [0.4, 0.5) is 0 Å². The summed E-state index contributed by atoms with van der Waals surface area (Å²) in [6, 6.07) is -0.203. The van der Waals surface area contributed by atoms with Crippen LogP contribution in [0, 0.1) is 0 Å². The second-order valence-corrected chi connectivity index (χ2v) is 2.58. The normalized spacial score (nSPS) is 12.8. The lowest BCUT2D eigenvalue weighted by atomic mass is 10.2. The molecule has 0 aromatic rings. The molecule has 0 fully saturated rings. The topological polar surface area (TPSA) is 72.2 Å². The minimum absolute atomic E-state index is 0.170. The van der Waals surface area contributed by atoms with E-state index in [4.69, 9.17) is 5.73 Å². The summed E-state index contributed by atoms with van der Waals surface area (Å²) in [6.45, 7) is 3.48. The monoisotopic (exact) mass is 170 g/mol. The van der Waals surface area contributed by atoms with E-state index in [9.17, 15) is 9.59 Å². The molecule has 0 saturated carbocycles. The standard InChI is InChI=1S/C8H14N2O2/c1-3-4-8(12)10-6(2)5-7(9)11/h3-4,6H,5H2,1-2H3,(H2,9,11)(H,10,12)/b4-3+. The van der Waals surface area contributed by atoms with Crippen molar-refractivity contribution < 1.29 is 9.59 Å². The third-order valence-corrected chi connectivity index (χ3v) is 1.21. The minimum Gasteiger partial charge on any atom is -0.370 e. The fourth-order valence-corrected chi connectivity index (χ4v) is 0.795. The molecular formula is C8H14N2O2. The van der Waals surface area contributed by atoms with E-state index in [1.54, 1.807) is 19.9 Å². The van der Waals surface area contributed by atoms with E-state index in [-0.39, 0.29) is 18.4 Å². The quantitative estimate of drug-likeness (QED) is 0.580. The van der Waals surface area contributed by atoms with E-state index >= 15 is 0 Å². The van der Waals surface area contributed by atoms with Crippen LogP contribution in [0.2, 0.25) is 0 Å². The van der Waals surface area contributed by atoms with Crippen LogP contribution in [-0.2, 0) is 9.59 Å². The van der Waals surface area contributed by atoms with Gasteiger partial charge >= 0.3 is 0 Å². The number of primary amides is 1. The SMILES string of the molecule is C/C=C/C(=O)NC(C)CC(N)=O. The van der Waals surface area contributed by atoms with Crippen LogP contribution in [-0.4, -0.2) is 17.9 Å². The summed E-state index contributed by atoms with van der Waals surface area (Å²) in [4.78, 5) is 21.3. The first-order valence-corrected chi connectivity index (χ1v) is 3.77. The average molecular weight is 170 g/mol. The number of nitrogens with one attached hydrogen (secondary N) is 1. The van der Waals surface area contributed by atoms with E-state index in [0.29, 0.717) is 0 Å². The summed E-state index contributed by atoms with van der Waals surface area (Å²) >= 11 is 0. The van der Waals surface area contributed by atoms with Crippen molar-refractivity contribution in [3.8, 4) is 0 Å². The van der Waals surface area contributed by atoms with Crippen molar-refractivity contribution >= 4 is 11.8 Å². The van der Waals surface area contributed by atoms with Crippen molar-refractivity contribution in [2.24, 2.45) is 5.73 Å². The van der Waals surface area contributed by atoms with Crippen molar-refractivity contribution in [3.05, 3.63) is 12.2 Å². The zero-order chi connectivity index (χ0) is 9.56. The van der Waals surface area contributed by atoms with Crippen LogP contribution in [0.5, 0.6) is 0 Å². The Morgan fingerprint density at radius 2 is 2.17 bits per heavy atom. The molecule has 4 heteroatoms. The largest absolute Gasteiger partial charge is 0.370 e. The number of rotatable bonds is 4. The maximum absolute atomic E-state index is 10.9. The number of hydrogen-bond donors (Lipinski definition) is 2. The van der Waals surface area contributed by atoms with E-state index < -0.39 is 5.91 Å². The van der Waals surface area contributed by atoms with Crippen molar-refractivity contribution in [3.63, 3.8) is 0 Å². The Kier molecular flexibility index (Phi) is 4.76. The van der Waals surface area contributed by atoms with Crippen LogP contribution >= 0.6 is 0 Å². The van der Waals surface area contributed by atoms with Gasteiger partial charge in [0.15, 0.2) is 0 Å². The second kappa shape index (κ2) is 5.35. The molecule has 0 aliphatic carbocycles. The van der Waals surface area contributed by atoms with Crippen LogP contribution in [0.1, 0.15) is 20.3 Å².